The molecule has 9 nitrogen and oxygen atoms in total. The number of nitrogens with zero attached hydrogens (tertiary/aromatic N) is 4. The van der Waals surface area contributed by atoms with Crippen LogP contribution >= 0.6 is 11.6 Å². The lowest BCUT2D eigenvalue weighted by molar-refractivity contribution is -0.116. The van der Waals surface area contributed by atoms with Gasteiger partial charge in [-0.1, -0.05) is 11.6 Å². The Hall–Kier alpha value is -2.98. The molecule has 0 aliphatic rings. The molecule has 11 heteroatoms. The first kappa shape index (κ1) is 19.8. The number of aryl methyl sites for hydroxylation is 2. The summed E-state index contributed by atoms with van der Waals surface area (Å²) in [5, 5.41) is 14.2. The summed E-state index contributed by atoms with van der Waals surface area (Å²) in [5.74, 6) is -0.143. The molecule has 2 N–H and O–H groups in total. The zero-order valence-corrected chi connectivity index (χ0v) is 16.4. The van der Waals surface area contributed by atoms with Gasteiger partial charge < -0.3 is 5.32 Å². The zero-order chi connectivity index (χ0) is 20.1. The Morgan fingerprint density at radius 1 is 1.11 bits per heavy atom. The van der Waals surface area contributed by atoms with E-state index in [-0.39, 0.29) is 28.2 Å². The zero-order valence-electron chi connectivity index (χ0n) is 14.8. The van der Waals surface area contributed by atoms with Crippen LogP contribution in [0.1, 0.15) is 12.1 Å². The van der Waals surface area contributed by atoms with E-state index in [1.165, 1.54) is 36.4 Å². The maximum Gasteiger partial charge on any atom is 0.263 e. The molecule has 2 aromatic heterocycles. The Morgan fingerprint density at radius 3 is 2.46 bits per heavy atom. The van der Waals surface area contributed by atoms with Gasteiger partial charge in [0, 0.05) is 30.5 Å². The van der Waals surface area contributed by atoms with Gasteiger partial charge in [-0.05, 0) is 49.4 Å². The van der Waals surface area contributed by atoms with E-state index in [2.05, 4.69) is 25.3 Å². The Bertz CT molecular complexity index is 1070. The monoisotopic (exact) mass is 420 g/mol. The van der Waals surface area contributed by atoms with Gasteiger partial charge >= 0.3 is 0 Å². The van der Waals surface area contributed by atoms with E-state index >= 15 is 0 Å². The van der Waals surface area contributed by atoms with Gasteiger partial charge in [0.1, 0.15) is 0 Å². The number of sulfonamides is 1. The molecule has 0 atom stereocenters. The highest BCUT2D eigenvalue weighted by Gasteiger charge is 2.15. The van der Waals surface area contributed by atoms with E-state index < -0.39 is 10.0 Å². The molecule has 0 fully saturated rings. The van der Waals surface area contributed by atoms with Crippen molar-refractivity contribution in [2.24, 2.45) is 0 Å². The third-order valence-electron chi connectivity index (χ3n) is 3.80. The first-order chi connectivity index (χ1) is 13.3. The van der Waals surface area contributed by atoms with Crippen molar-refractivity contribution in [3.05, 3.63) is 59.5 Å². The summed E-state index contributed by atoms with van der Waals surface area (Å²) in [6, 6.07) is 10.5. The summed E-state index contributed by atoms with van der Waals surface area (Å²) in [4.78, 5) is 12.1. The maximum atomic E-state index is 12.4. The second-order valence-corrected chi connectivity index (χ2v) is 7.93. The Labute approximate surface area is 166 Å². The molecular weight excluding hydrogens is 404 g/mol. The lowest BCUT2D eigenvalue weighted by atomic mass is 10.3. The second kappa shape index (κ2) is 8.36. The molecule has 1 amide bonds. The van der Waals surface area contributed by atoms with Crippen molar-refractivity contribution < 1.29 is 13.2 Å². The normalized spacial score (nSPS) is 11.2. The molecule has 28 heavy (non-hydrogen) atoms. The molecule has 3 rings (SSSR count). The number of carbonyl (C=O) groups is 1. The smallest absolute Gasteiger partial charge is 0.263 e. The van der Waals surface area contributed by atoms with Crippen LogP contribution in [0.5, 0.6) is 0 Å². The summed E-state index contributed by atoms with van der Waals surface area (Å²) in [7, 11) is -3.84. The van der Waals surface area contributed by atoms with Crippen LogP contribution in [-0.2, 0) is 21.4 Å². The van der Waals surface area contributed by atoms with E-state index in [0.29, 0.717) is 12.2 Å². The topological polar surface area (TPSA) is 119 Å². The van der Waals surface area contributed by atoms with Gasteiger partial charge in [0.15, 0.2) is 11.0 Å². The first-order valence-corrected chi connectivity index (χ1v) is 10.1. The Morgan fingerprint density at radius 2 is 1.86 bits per heavy atom. The predicted molar refractivity (Wildman–Crippen MR) is 105 cm³/mol. The van der Waals surface area contributed by atoms with Crippen molar-refractivity contribution in [3.63, 3.8) is 0 Å². The molecule has 0 radical (unpaired) electrons. The molecule has 0 aliphatic heterocycles. The quantitative estimate of drug-likeness (QED) is 0.606. The lowest BCUT2D eigenvalue weighted by Gasteiger charge is -2.09. The molecule has 0 unspecified atom stereocenters. The van der Waals surface area contributed by atoms with Gasteiger partial charge in [-0.3, -0.25) is 14.2 Å². The van der Waals surface area contributed by atoms with Crippen molar-refractivity contribution in [1.82, 2.24) is 20.0 Å². The molecule has 1 aromatic carbocycles. The largest absolute Gasteiger partial charge is 0.326 e. The summed E-state index contributed by atoms with van der Waals surface area (Å²) in [5.41, 5.74) is 1.47. The summed E-state index contributed by atoms with van der Waals surface area (Å²) >= 11 is 5.63. The minimum Gasteiger partial charge on any atom is -0.326 e. The van der Waals surface area contributed by atoms with E-state index in [9.17, 15) is 13.2 Å². The van der Waals surface area contributed by atoms with Crippen LogP contribution in [-0.4, -0.2) is 34.3 Å². The van der Waals surface area contributed by atoms with Crippen LogP contribution < -0.4 is 10.0 Å². The standard InChI is InChI=1S/C17H17ClN6O3S/c1-12-8-10-19-24(12)11-9-17(25)20-13-2-4-14(5-3-13)28(26,27)23-16-7-6-15(18)21-22-16/h2-8,10H,9,11H2,1H3,(H,20,25)(H,22,23). The number of benzene rings is 1. The van der Waals surface area contributed by atoms with Crippen LogP contribution in [0.3, 0.4) is 0 Å². The van der Waals surface area contributed by atoms with E-state index in [1.807, 2.05) is 13.0 Å². The fraction of sp³-hybridized carbons (Fsp3) is 0.176. The van der Waals surface area contributed by atoms with Crippen molar-refractivity contribution in [2.75, 3.05) is 10.0 Å². The molecule has 0 spiro atoms. The van der Waals surface area contributed by atoms with E-state index in [0.717, 1.165) is 5.69 Å². The summed E-state index contributed by atoms with van der Waals surface area (Å²) in [6.45, 7) is 2.37. The summed E-state index contributed by atoms with van der Waals surface area (Å²) < 4.78 is 28.8. The van der Waals surface area contributed by atoms with E-state index in [4.69, 9.17) is 11.6 Å². The van der Waals surface area contributed by atoms with E-state index in [1.54, 1.807) is 10.9 Å². The molecule has 0 bridgehead atoms. The van der Waals surface area contributed by atoms with Crippen LogP contribution in [0, 0.1) is 6.92 Å². The molecule has 0 saturated heterocycles. The third-order valence-corrected chi connectivity index (χ3v) is 5.37. The first-order valence-electron chi connectivity index (χ1n) is 8.24. The van der Waals surface area contributed by atoms with Crippen molar-refractivity contribution >= 4 is 39.0 Å². The number of rotatable bonds is 7. The fourth-order valence-corrected chi connectivity index (χ4v) is 3.45. The SMILES string of the molecule is Cc1ccnn1CCC(=O)Nc1ccc(S(=O)(=O)Nc2ccc(Cl)nn2)cc1. The maximum absolute atomic E-state index is 12.4. The fourth-order valence-electron chi connectivity index (χ4n) is 2.35. The Balaban J connectivity index is 1.60. The number of hydrogen-bond acceptors (Lipinski definition) is 6. The van der Waals surface area contributed by atoms with Gasteiger partial charge in [-0.15, -0.1) is 10.2 Å². The highest BCUT2D eigenvalue weighted by atomic mass is 35.5. The molecule has 2 heterocycles. The van der Waals surface area contributed by atoms with Gasteiger partial charge in [0.05, 0.1) is 4.90 Å². The van der Waals surface area contributed by atoms with Gasteiger partial charge in [-0.2, -0.15) is 5.10 Å². The highest BCUT2D eigenvalue weighted by molar-refractivity contribution is 7.92. The number of anilines is 2. The van der Waals surface area contributed by atoms with Crippen LogP contribution in [0.4, 0.5) is 11.5 Å². The average molecular weight is 421 g/mol. The van der Waals surface area contributed by atoms with Crippen LogP contribution in [0.15, 0.2) is 53.6 Å². The number of halogens is 1. The molecule has 0 saturated carbocycles. The molecule has 0 aliphatic carbocycles. The highest BCUT2D eigenvalue weighted by Crippen LogP contribution is 2.17. The predicted octanol–water partition coefficient (Wildman–Crippen LogP) is 2.46. The molecular formula is C17H17ClN6O3S. The minimum absolute atomic E-state index is 0.0226. The number of carbonyl (C=O) groups excluding carboxylic acids is 1. The molecule has 146 valence electrons. The van der Waals surface area contributed by atoms with Crippen molar-refractivity contribution in [3.8, 4) is 0 Å². The van der Waals surface area contributed by atoms with Crippen molar-refractivity contribution in [1.29, 1.82) is 0 Å². The van der Waals surface area contributed by atoms with Crippen LogP contribution in [0.25, 0.3) is 0 Å². The van der Waals surface area contributed by atoms with Gasteiger partial charge in [-0.25, -0.2) is 8.42 Å². The van der Waals surface area contributed by atoms with Crippen LogP contribution in [0.2, 0.25) is 5.15 Å². The number of amides is 1. The number of nitrogens with one attached hydrogen (secondary N) is 2. The van der Waals surface area contributed by atoms with Gasteiger partial charge in [0.25, 0.3) is 10.0 Å². The van der Waals surface area contributed by atoms with Gasteiger partial charge in [0.2, 0.25) is 5.91 Å². The average Bonchev–Trinajstić information content (AvgIpc) is 3.07. The lowest BCUT2D eigenvalue weighted by Crippen LogP contribution is -2.16. The second-order valence-electron chi connectivity index (χ2n) is 5.87. The molecule has 3 aromatic rings. The minimum atomic E-state index is -3.84. The van der Waals surface area contributed by atoms with Crippen molar-refractivity contribution in [2.45, 2.75) is 24.8 Å². The third kappa shape index (κ3) is 5.05. The Kier molecular flexibility index (Phi) is 5.90. The summed E-state index contributed by atoms with van der Waals surface area (Å²) in [6.07, 6.45) is 1.93. The number of hydrogen-bond donors (Lipinski definition) is 2. The number of aromatic nitrogens is 4.